The van der Waals surface area contributed by atoms with Gasteiger partial charge in [-0.1, -0.05) is 6.07 Å². The van der Waals surface area contributed by atoms with Crippen molar-refractivity contribution in [1.29, 1.82) is 0 Å². The fraction of sp³-hybridized carbons (Fsp3) is 0.400. The maximum atomic E-state index is 13.1. The molecule has 2 N–H and O–H groups in total. The molecule has 5 heteroatoms. The summed E-state index contributed by atoms with van der Waals surface area (Å²) in [5.41, 5.74) is -0.229. The largest absolute Gasteiger partial charge is 0.389 e. The molecule has 0 amide bonds. The van der Waals surface area contributed by atoms with E-state index in [1.54, 1.807) is 0 Å². The first-order valence-corrected chi connectivity index (χ1v) is 4.50. The van der Waals surface area contributed by atoms with E-state index >= 15 is 0 Å². The molecule has 0 aliphatic heterocycles. The molecule has 15 heavy (non-hydrogen) atoms. The zero-order valence-electron chi connectivity index (χ0n) is 8.34. The van der Waals surface area contributed by atoms with Gasteiger partial charge in [-0.05, 0) is 12.1 Å². The molecule has 0 fully saturated rings. The van der Waals surface area contributed by atoms with Gasteiger partial charge < -0.3 is 15.2 Å². The van der Waals surface area contributed by atoms with Gasteiger partial charge in [0.2, 0.25) is 0 Å². The zero-order valence-corrected chi connectivity index (χ0v) is 8.34. The number of anilines is 1. The van der Waals surface area contributed by atoms with Crippen molar-refractivity contribution in [2.45, 2.75) is 6.10 Å². The van der Waals surface area contributed by atoms with Crippen molar-refractivity contribution in [2.24, 2.45) is 0 Å². The average molecular weight is 217 g/mol. The van der Waals surface area contributed by atoms with Crippen LogP contribution in [0.25, 0.3) is 0 Å². The third-order valence-electron chi connectivity index (χ3n) is 1.84. The van der Waals surface area contributed by atoms with Crippen LogP contribution < -0.4 is 5.32 Å². The highest BCUT2D eigenvalue weighted by Crippen LogP contribution is 2.17. The lowest BCUT2D eigenvalue weighted by Gasteiger charge is -2.12. The highest BCUT2D eigenvalue weighted by molar-refractivity contribution is 5.46. The SMILES string of the molecule is COCC(O)CNc1c(F)cccc1F. The first kappa shape index (κ1) is 11.9. The highest BCUT2D eigenvalue weighted by Gasteiger charge is 2.09. The fourth-order valence-electron chi connectivity index (χ4n) is 1.14. The fourth-order valence-corrected chi connectivity index (χ4v) is 1.14. The van der Waals surface area contributed by atoms with E-state index in [9.17, 15) is 13.9 Å². The first-order valence-electron chi connectivity index (χ1n) is 4.50. The quantitative estimate of drug-likeness (QED) is 0.783. The average Bonchev–Trinajstić information content (AvgIpc) is 2.17. The van der Waals surface area contributed by atoms with Crippen LogP contribution in [-0.4, -0.2) is 31.5 Å². The summed E-state index contributed by atoms with van der Waals surface area (Å²) in [6.45, 7) is 0.148. The number of para-hydroxylation sites is 1. The predicted molar refractivity (Wildman–Crippen MR) is 52.7 cm³/mol. The molecule has 1 rings (SSSR count). The maximum absolute atomic E-state index is 13.1. The number of aliphatic hydroxyl groups excluding tert-OH is 1. The topological polar surface area (TPSA) is 41.5 Å². The molecular formula is C10H13F2NO2. The van der Waals surface area contributed by atoms with Crippen LogP contribution in [0.1, 0.15) is 0 Å². The Morgan fingerprint density at radius 2 is 2.00 bits per heavy atom. The van der Waals surface area contributed by atoms with Crippen LogP contribution >= 0.6 is 0 Å². The van der Waals surface area contributed by atoms with Crippen molar-refractivity contribution >= 4 is 5.69 Å². The van der Waals surface area contributed by atoms with E-state index in [2.05, 4.69) is 10.1 Å². The molecular weight excluding hydrogens is 204 g/mol. The summed E-state index contributed by atoms with van der Waals surface area (Å²) in [6, 6.07) is 3.57. The molecule has 0 spiro atoms. The van der Waals surface area contributed by atoms with Gasteiger partial charge in [-0.15, -0.1) is 0 Å². The maximum Gasteiger partial charge on any atom is 0.149 e. The van der Waals surface area contributed by atoms with E-state index in [4.69, 9.17) is 0 Å². The van der Waals surface area contributed by atoms with E-state index in [0.717, 1.165) is 12.1 Å². The Hall–Kier alpha value is -1.20. The number of ether oxygens (including phenoxy) is 1. The summed E-state index contributed by atoms with van der Waals surface area (Å²) in [4.78, 5) is 0. The molecule has 1 aromatic carbocycles. The van der Waals surface area contributed by atoms with Crippen molar-refractivity contribution in [3.63, 3.8) is 0 Å². The Morgan fingerprint density at radius 1 is 1.40 bits per heavy atom. The van der Waals surface area contributed by atoms with Crippen LogP contribution in [0.15, 0.2) is 18.2 Å². The monoisotopic (exact) mass is 217 g/mol. The van der Waals surface area contributed by atoms with Crippen LogP contribution in [0.2, 0.25) is 0 Å². The molecule has 0 heterocycles. The van der Waals surface area contributed by atoms with Gasteiger partial charge in [0.25, 0.3) is 0 Å². The number of rotatable bonds is 5. The number of methoxy groups -OCH3 is 1. The highest BCUT2D eigenvalue weighted by atomic mass is 19.1. The van der Waals surface area contributed by atoms with Crippen molar-refractivity contribution in [2.75, 3.05) is 25.6 Å². The zero-order chi connectivity index (χ0) is 11.3. The van der Waals surface area contributed by atoms with Gasteiger partial charge in [0.15, 0.2) is 0 Å². The lowest BCUT2D eigenvalue weighted by atomic mass is 10.2. The number of hydrogen-bond acceptors (Lipinski definition) is 3. The molecule has 84 valence electrons. The van der Waals surface area contributed by atoms with Crippen LogP contribution in [0.3, 0.4) is 0 Å². The van der Waals surface area contributed by atoms with Crippen molar-refractivity contribution in [3.8, 4) is 0 Å². The number of benzene rings is 1. The van der Waals surface area contributed by atoms with E-state index in [-0.39, 0.29) is 18.8 Å². The number of halogens is 2. The van der Waals surface area contributed by atoms with Gasteiger partial charge in [-0.25, -0.2) is 8.78 Å². The second-order valence-corrected chi connectivity index (χ2v) is 3.09. The third-order valence-corrected chi connectivity index (χ3v) is 1.84. The van der Waals surface area contributed by atoms with Crippen LogP contribution in [-0.2, 0) is 4.74 Å². The molecule has 0 bridgehead atoms. The lowest BCUT2D eigenvalue weighted by Crippen LogP contribution is -2.24. The van der Waals surface area contributed by atoms with E-state index in [1.165, 1.54) is 13.2 Å². The Labute approximate surface area is 86.7 Å². The van der Waals surface area contributed by atoms with Crippen LogP contribution in [0, 0.1) is 11.6 Å². The Morgan fingerprint density at radius 3 is 2.53 bits per heavy atom. The number of aliphatic hydroxyl groups is 1. The molecule has 3 nitrogen and oxygen atoms in total. The van der Waals surface area contributed by atoms with Crippen LogP contribution in [0.4, 0.5) is 14.5 Å². The first-order chi connectivity index (χ1) is 7.15. The van der Waals surface area contributed by atoms with Gasteiger partial charge in [0, 0.05) is 13.7 Å². The summed E-state index contributed by atoms with van der Waals surface area (Å²) >= 11 is 0. The van der Waals surface area contributed by atoms with E-state index < -0.39 is 17.7 Å². The second-order valence-electron chi connectivity index (χ2n) is 3.09. The smallest absolute Gasteiger partial charge is 0.149 e. The summed E-state index contributed by atoms with van der Waals surface area (Å²) < 4.78 is 30.8. The molecule has 1 unspecified atom stereocenters. The molecule has 0 aromatic heterocycles. The molecule has 1 aromatic rings. The minimum Gasteiger partial charge on any atom is -0.389 e. The molecule has 0 aliphatic carbocycles. The van der Waals surface area contributed by atoms with Crippen molar-refractivity contribution in [1.82, 2.24) is 0 Å². The van der Waals surface area contributed by atoms with Crippen molar-refractivity contribution in [3.05, 3.63) is 29.8 Å². The standard InChI is InChI=1S/C10H13F2NO2/c1-15-6-7(14)5-13-10-8(11)3-2-4-9(10)12/h2-4,7,13-14H,5-6H2,1H3. The summed E-state index contributed by atoms with van der Waals surface area (Å²) in [7, 11) is 1.44. The van der Waals surface area contributed by atoms with Crippen molar-refractivity contribution < 1.29 is 18.6 Å². The van der Waals surface area contributed by atoms with E-state index in [0.29, 0.717) is 0 Å². The Bertz CT molecular complexity index is 300. The predicted octanol–water partition coefficient (Wildman–Crippen LogP) is 1.38. The van der Waals surface area contributed by atoms with Crippen LogP contribution in [0.5, 0.6) is 0 Å². The van der Waals surface area contributed by atoms with Gasteiger partial charge in [-0.3, -0.25) is 0 Å². The van der Waals surface area contributed by atoms with Gasteiger partial charge in [0.05, 0.1) is 12.7 Å². The molecule has 0 aliphatic rings. The minimum absolute atomic E-state index is 0.0334. The van der Waals surface area contributed by atoms with Gasteiger partial charge in [-0.2, -0.15) is 0 Å². The summed E-state index contributed by atoms with van der Waals surface area (Å²) in [5.74, 6) is -1.36. The molecule has 1 atom stereocenters. The number of nitrogens with one attached hydrogen (secondary N) is 1. The second kappa shape index (κ2) is 5.63. The Balaban J connectivity index is 2.57. The summed E-state index contributed by atoms with van der Waals surface area (Å²) in [6.07, 6.45) is -0.797. The molecule has 0 saturated heterocycles. The normalized spacial score (nSPS) is 12.5. The third kappa shape index (κ3) is 3.45. The van der Waals surface area contributed by atoms with E-state index in [1.807, 2.05) is 0 Å². The minimum atomic E-state index is -0.797. The van der Waals surface area contributed by atoms with Gasteiger partial charge >= 0.3 is 0 Å². The number of hydrogen-bond donors (Lipinski definition) is 2. The molecule has 0 saturated carbocycles. The lowest BCUT2D eigenvalue weighted by molar-refractivity contribution is 0.0727. The Kier molecular flexibility index (Phi) is 4.45. The van der Waals surface area contributed by atoms with Gasteiger partial charge in [0.1, 0.15) is 17.3 Å². The molecule has 0 radical (unpaired) electrons. The summed E-state index contributed by atoms with van der Waals surface area (Å²) in [5, 5.41) is 11.7.